The van der Waals surface area contributed by atoms with Crippen molar-refractivity contribution in [2.75, 3.05) is 23.7 Å². The molecule has 2 unspecified atom stereocenters. The lowest BCUT2D eigenvalue weighted by Gasteiger charge is -2.20. The van der Waals surface area contributed by atoms with Gasteiger partial charge >= 0.3 is 0 Å². The number of hydrogen-bond donors (Lipinski definition) is 1. The van der Waals surface area contributed by atoms with E-state index in [2.05, 4.69) is 30.7 Å². The summed E-state index contributed by atoms with van der Waals surface area (Å²) in [5.74, 6) is 3.99. The Morgan fingerprint density at radius 1 is 1.22 bits per heavy atom. The van der Waals surface area contributed by atoms with Gasteiger partial charge in [-0.1, -0.05) is 20.8 Å². The summed E-state index contributed by atoms with van der Waals surface area (Å²) in [4.78, 5) is 11.4. The zero-order valence-electron chi connectivity index (χ0n) is 11.9. The van der Waals surface area contributed by atoms with Gasteiger partial charge in [-0.15, -0.1) is 0 Å². The van der Waals surface area contributed by atoms with Crippen LogP contribution in [0.1, 0.15) is 38.6 Å². The summed E-state index contributed by atoms with van der Waals surface area (Å²) in [7, 11) is 0. The van der Waals surface area contributed by atoms with E-state index in [1.807, 2.05) is 6.92 Å². The molecule has 100 valence electrons. The van der Waals surface area contributed by atoms with Gasteiger partial charge in [-0.05, 0) is 25.2 Å². The second-order valence-corrected chi connectivity index (χ2v) is 5.58. The molecule has 2 atom stereocenters. The van der Waals surface area contributed by atoms with Gasteiger partial charge in [-0.2, -0.15) is 0 Å². The Hall–Kier alpha value is -1.32. The van der Waals surface area contributed by atoms with Gasteiger partial charge in [0.15, 0.2) is 0 Å². The number of rotatable bonds is 3. The fraction of sp³-hybridized carbons (Fsp3) is 0.714. The number of nitrogens with zero attached hydrogens (tertiary/aromatic N) is 3. The minimum atomic E-state index is 0.635. The zero-order valence-corrected chi connectivity index (χ0v) is 11.9. The Bertz CT molecular complexity index is 420. The summed E-state index contributed by atoms with van der Waals surface area (Å²) >= 11 is 0. The molecule has 18 heavy (non-hydrogen) atoms. The Morgan fingerprint density at radius 3 is 2.39 bits per heavy atom. The Balaban J connectivity index is 2.32. The third-order valence-electron chi connectivity index (χ3n) is 3.97. The molecule has 1 aromatic heterocycles. The fourth-order valence-corrected chi connectivity index (χ4v) is 2.51. The number of nitrogen functional groups attached to an aromatic ring is 1. The highest BCUT2D eigenvalue weighted by Crippen LogP contribution is 2.30. The van der Waals surface area contributed by atoms with Crippen molar-refractivity contribution in [2.24, 2.45) is 11.8 Å². The van der Waals surface area contributed by atoms with E-state index in [0.717, 1.165) is 55.0 Å². The average molecular weight is 248 g/mol. The standard InChI is InChI=1S/C14H24N4/c1-5-6-12-16-13(15)11(4)14(17-12)18-7-9(2)10(3)8-18/h9-10H,5-8H2,1-4H3,(H2,15,16,17). The second kappa shape index (κ2) is 5.12. The summed E-state index contributed by atoms with van der Waals surface area (Å²) in [6.07, 6.45) is 1.95. The van der Waals surface area contributed by atoms with Crippen LogP contribution in [0.25, 0.3) is 0 Å². The van der Waals surface area contributed by atoms with Crippen LogP contribution < -0.4 is 10.6 Å². The third-order valence-corrected chi connectivity index (χ3v) is 3.97. The molecule has 0 aromatic carbocycles. The molecule has 1 fully saturated rings. The number of aromatic nitrogens is 2. The van der Waals surface area contributed by atoms with E-state index >= 15 is 0 Å². The van der Waals surface area contributed by atoms with E-state index < -0.39 is 0 Å². The van der Waals surface area contributed by atoms with Gasteiger partial charge in [0.05, 0.1) is 0 Å². The first-order valence-corrected chi connectivity index (χ1v) is 6.90. The van der Waals surface area contributed by atoms with E-state index in [-0.39, 0.29) is 0 Å². The normalized spacial score (nSPS) is 23.7. The first kappa shape index (κ1) is 13.1. The van der Waals surface area contributed by atoms with Crippen molar-refractivity contribution in [3.8, 4) is 0 Å². The molecule has 4 heteroatoms. The van der Waals surface area contributed by atoms with Gasteiger partial charge < -0.3 is 10.6 Å². The number of nitrogens with two attached hydrogens (primary N) is 1. The molecule has 0 bridgehead atoms. The molecular weight excluding hydrogens is 224 g/mol. The van der Waals surface area contributed by atoms with Crippen molar-refractivity contribution in [3.63, 3.8) is 0 Å². The molecule has 0 saturated carbocycles. The van der Waals surface area contributed by atoms with E-state index in [4.69, 9.17) is 10.7 Å². The summed E-state index contributed by atoms with van der Waals surface area (Å²) in [6, 6.07) is 0. The van der Waals surface area contributed by atoms with Gasteiger partial charge in [0, 0.05) is 25.1 Å². The van der Waals surface area contributed by atoms with Crippen molar-refractivity contribution in [2.45, 2.75) is 40.5 Å². The van der Waals surface area contributed by atoms with Crippen LogP contribution in [-0.4, -0.2) is 23.1 Å². The average Bonchev–Trinajstić information content (AvgIpc) is 2.64. The molecule has 0 radical (unpaired) electrons. The second-order valence-electron chi connectivity index (χ2n) is 5.58. The van der Waals surface area contributed by atoms with Crippen molar-refractivity contribution >= 4 is 11.6 Å². The lowest BCUT2D eigenvalue weighted by molar-refractivity contribution is 0.494. The molecule has 2 N–H and O–H groups in total. The molecule has 4 nitrogen and oxygen atoms in total. The molecule has 1 aromatic rings. The maximum atomic E-state index is 6.01. The van der Waals surface area contributed by atoms with Crippen LogP contribution in [0, 0.1) is 18.8 Å². The van der Waals surface area contributed by atoms with E-state index in [0.29, 0.717) is 5.82 Å². The van der Waals surface area contributed by atoms with Crippen LogP contribution in [0.3, 0.4) is 0 Å². The highest BCUT2D eigenvalue weighted by molar-refractivity contribution is 5.57. The quantitative estimate of drug-likeness (QED) is 0.892. The van der Waals surface area contributed by atoms with Crippen LogP contribution in [0.2, 0.25) is 0 Å². The highest BCUT2D eigenvalue weighted by Gasteiger charge is 2.28. The van der Waals surface area contributed by atoms with Crippen LogP contribution in [0.15, 0.2) is 0 Å². The highest BCUT2D eigenvalue weighted by atomic mass is 15.2. The van der Waals surface area contributed by atoms with Crippen LogP contribution >= 0.6 is 0 Å². The SMILES string of the molecule is CCCc1nc(N)c(C)c(N2CC(C)C(C)C2)n1. The van der Waals surface area contributed by atoms with Crippen molar-refractivity contribution < 1.29 is 0 Å². The predicted molar refractivity (Wildman–Crippen MR) is 75.7 cm³/mol. The fourth-order valence-electron chi connectivity index (χ4n) is 2.51. The minimum absolute atomic E-state index is 0.635. The van der Waals surface area contributed by atoms with Gasteiger partial charge in [-0.3, -0.25) is 0 Å². The summed E-state index contributed by atoms with van der Waals surface area (Å²) < 4.78 is 0. The van der Waals surface area contributed by atoms with Crippen molar-refractivity contribution in [3.05, 3.63) is 11.4 Å². The molecule has 2 heterocycles. The van der Waals surface area contributed by atoms with Crippen LogP contribution in [0.5, 0.6) is 0 Å². The predicted octanol–water partition coefficient (Wildman–Crippen LogP) is 2.41. The first-order chi connectivity index (χ1) is 8.52. The van der Waals surface area contributed by atoms with Crippen LogP contribution in [0.4, 0.5) is 11.6 Å². The van der Waals surface area contributed by atoms with Gasteiger partial charge in [0.1, 0.15) is 17.5 Å². The van der Waals surface area contributed by atoms with Gasteiger partial charge in [0.25, 0.3) is 0 Å². The maximum absolute atomic E-state index is 6.01. The Kier molecular flexibility index (Phi) is 3.73. The largest absolute Gasteiger partial charge is 0.383 e. The monoisotopic (exact) mass is 248 g/mol. The summed E-state index contributed by atoms with van der Waals surface area (Å²) in [5.41, 5.74) is 7.04. The summed E-state index contributed by atoms with van der Waals surface area (Å²) in [6.45, 7) is 10.9. The lowest BCUT2D eigenvalue weighted by atomic mass is 10.0. The lowest BCUT2D eigenvalue weighted by Crippen LogP contribution is -2.23. The topological polar surface area (TPSA) is 55.0 Å². The van der Waals surface area contributed by atoms with Gasteiger partial charge in [-0.25, -0.2) is 9.97 Å². The zero-order chi connectivity index (χ0) is 13.3. The molecular formula is C14H24N4. The molecule has 0 aliphatic carbocycles. The van der Waals surface area contributed by atoms with Crippen molar-refractivity contribution in [1.82, 2.24) is 9.97 Å². The third kappa shape index (κ3) is 2.42. The van der Waals surface area contributed by atoms with Crippen molar-refractivity contribution in [1.29, 1.82) is 0 Å². The molecule has 1 aliphatic heterocycles. The van der Waals surface area contributed by atoms with Crippen LogP contribution in [-0.2, 0) is 6.42 Å². The first-order valence-electron chi connectivity index (χ1n) is 6.90. The van der Waals surface area contributed by atoms with E-state index in [1.54, 1.807) is 0 Å². The number of hydrogen-bond acceptors (Lipinski definition) is 4. The Morgan fingerprint density at radius 2 is 1.83 bits per heavy atom. The van der Waals surface area contributed by atoms with E-state index in [1.165, 1.54) is 0 Å². The number of anilines is 2. The van der Waals surface area contributed by atoms with Gasteiger partial charge in [0.2, 0.25) is 0 Å². The molecule has 0 amide bonds. The molecule has 0 spiro atoms. The molecule has 1 aliphatic rings. The smallest absolute Gasteiger partial charge is 0.137 e. The number of aryl methyl sites for hydroxylation is 1. The van der Waals surface area contributed by atoms with E-state index in [9.17, 15) is 0 Å². The maximum Gasteiger partial charge on any atom is 0.137 e. The molecule has 1 saturated heterocycles. The minimum Gasteiger partial charge on any atom is -0.383 e. The summed E-state index contributed by atoms with van der Waals surface area (Å²) in [5, 5.41) is 0. The Labute approximate surface area is 110 Å². The molecule has 2 rings (SSSR count).